The van der Waals surface area contributed by atoms with Gasteiger partial charge in [0, 0.05) is 23.8 Å². The Kier molecular flexibility index (Phi) is 5.10. The van der Waals surface area contributed by atoms with Crippen LogP contribution in [0.4, 0.5) is 0 Å². The smallest absolute Gasteiger partial charge is 0.139 e. The van der Waals surface area contributed by atoms with Gasteiger partial charge in [-0.25, -0.2) is 0 Å². The van der Waals surface area contributed by atoms with Gasteiger partial charge in [0.15, 0.2) is 0 Å². The number of carbonyl (C=O) groups is 1. The highest BCUT2D eigenvalue weighted by molar-refractivity contribution is 6.17. The molecule has 6 atom stereocenters. The number of Topliss-reactive ketones (excluding diaryl/α,β-unsaturated/α-hetero) is 1. The average molecular weight is 414 g/mol. The Morgan fingerprint density at radius 1 is 1.14 bits per heavy atom. The minimum absolute atomic E-state index is 0.0879. The number of hydrogen-bond donors (Lipinski definition) is 1. The normalized spacial score (nSPS) is 43.4. The molecular weight excluding hydrogens is 378 g/mol. The third-order valence-corrected chi connectivity index (χ3v) is 9.18. The van der Waals surface area contributed by atoms with E-state index in [0.29, 0.717) is 23.7 Å². The van der Waals surface area contributed by atoms with Crippen LogP contribution in [0, 0.1) is 22.7 Å². The van der Waals surface area contributed by atoms with E-state index in [4.69, 9.17) is 11.6 Å². The summed E-state index contributed by atoms with van der Waals surface area (Å²) in [6.07, 6.45) is 11.4. The highest BCUT2D eigenvalue weighted by atomic mass is 35.5. The van der Waals surface area contributed by atoms with Crippen molar-refractivity contribution in [2.75, 3.05) is 12.4 Å². The molecule has 0 radical (unpaired) electrons. The van der Waals surface area contributed by atoms with E-state index in [1.165, 1.54) is 24.8 Å². The van der Waals surface area contributed by atoms with Crippen LogP contribution in [-0.4, -0.2) is 24.2 Å². The van der Waals surface area contributed by atoms with Gasteiger partial charge in [-0.3, -0.25) is 4.79 Å². The van der Waals surface area contributed by atoms with Crippen LogP contribution in [0.1, 0.15) is 76.7 Å². The largest absolute Gasteiger partial charge is 0.314 e. The van der Waals surface area contributed by atoms with Crippen LogP contribution < -0.4 is 5.32 Å². The zero-order valence-electron chi connectivity index (χ0n) is 17.9. The molecule has 2 unspecified atom stereocenters. The molecule has 5 aliphatic rings. The van der Waals surface area contributed by atoms with Gasteiger partial charge >= 0.3 is 0 Å². The molecule has 1 saturated heterocycles. The predicted molar refractivity (Wildman–Crippen MR) is 119 cm³/mol. The second kappa shape index (κ2) is 7.38. The summed E-state index contributed by atoms with van der Waals surface area (Å²) in [4.78, 5) is 13.9. The molecule has 1 N–H and O–H groups in total. The molecule has 1 aromatic carbocycles. The van der Waals surface area contributed by atoms with E-state index < -0.39 is 0 Å². The third-order valence-electron chi connectivity index (χ3n) is 8.99. The second-order valence-corrected chi connectivity index (χ2v) is 11.6. The molecular formula is C26H36ClNO. The molecule has 1 heterocycles. The minimum Gasteiger partial charge on any atom is -0.314 e. The van der Waals surface area contributed by atoms with Crippen LogP contribution in [0.2, 0.25) is 0 Å². The van der Waals surface area contributed by atoms with Gasteiger partial charge in [0.25, 0.3) is 0 Å². The van der Waals surface area contributed by atoms with Gasteiger partial charge in [-0.15, -0.1) is 11.6 Å². The summed E-state index contributed by atoms with van der Waals surface area (Å²) in [5, 5.41) is 3.54. The van der Waals surface area contributed by atoms with Crippen molar-refractivity contribution in [2.24, 2.45) is 22.7 Å². The van der Waals surface area contributed by atoms with Gasteiger partial charge in [0.2, 0.25) is 0 Å². The first-order valence-corrected chi connectivity index (χ1v) is 12.4. The van der Waals surface area contributed by atoms with Crippen LogP contribution in [0.15, 0.2) is 30.3 Å². The van der Waals surface area contributed by atoms with Crippen molar-refractivity contribution in [3.8, 4) is 0 Å². The molecule has 1 aromatic rings. The Labute approximate surface area is 181 Å². The first kappa shape index (κ1) is 20.1. The summed E-state index contributed by atoms with van der Waals surface area (Å²) >= 11 is 6.33. The molecule has 4 bridgehead atoms. The van der Waals surface area contributed by atoms with Gasteiger partial charge in [0.1, 0.15) is 5.78 Å². The van der Waals surface area contributed by atoms with E-state index in [1.807, 2.05) is 0 Å². The molecule has 2 nitrogen and oxygen atoms in total. The lowest BCUT2D eigenvalue weighted by atomic mass is 9.37. The molecule has 0 spiro atoms. The topological polar surface area (TPSA) is 29.1 Å². The third kappa shape index (κ3) is 3.49. The zero-order valence-corrected chi connectivity index (χ0v) is 18.6. The fraction of sp³-hybridized carbons (Fsp3) is 0.731. The highest BCUT2D eigenvalue weighted by Gasteiger charge is 2.65. The molecule has 3 heteroatoms. The molecule has 0 aromatic heterocycles. The molecule has 1 aliphatic heterocycles. The van der Waals surface area contributed by atoms with E-state index in [-0.39, 0.29) is 16.2 Å². The highest BCUT2D eigenvalue weighted by Crippen LogP contribution is 2.71. The van der Waals surface area contributed by atoms with Crippen molar-refractivity contribution in [3.63, 3.8) is 0 Å². The lowest BCUT2D eigenvalue weighted by Crippen LogP contribution is -2.61. The maximum Gasteiger partial charge on any atom is 0.139 e. The van der Waals surface area contributed by atoms with Crippen LogP contribution in [0.5, 0.6) is 0 Å². The quantitative estimate of drug-likeness (QED) is 0.590. The van der Waals surface area contributed by atoms with Gasteiger partial charge in [0.05, 0.1) is 0 Å². The van der Waals surface area contributed by atoms with Crippen molar-refractivity contribution < 1.29 is 4.79 Å². The number of nitrogens with one attached hydrogen (secondary N) is 1. The summed E-state index contributed by atoms with van der Waals surface area (Å²) < 4.78 is 0. The Bertz CT molecular complexity index is 765. The lowest BCUT2D eigenvalue weighted by molar-refractivity contribution is -0.162. The Morgan fingerprint density at radius 3 is 2.72 bits per heavy atom. The van der Waals surface area contributed by atoms with E-state index in [1.54, 1.807) is 0 Å². The molecule has 6 rings (SSSR count). The fourth-order valence-electron chi connectivity index (χ4n) is 8.44. The van der Waals surface area contributed by atoms with E-state index in [0.717, 1.165) is 57.4 Å². The number of ketones is 1. The maximum absolute atomic E-state index is 13.9. The standard InChI is InChI=1S/C26H36ClNO/c1-19-11-20(7-10-28-19)12-23(29)26-15-21-13-24(17-26,8-9-27)16-25(14-21,18-26)22-5-3-2-4-6-22/h2-6,19-21,28H,7-18H2,1H3/t19-,20-,21?,24+,25+,26?/m0/s1. The maximum atomic E-state index is 13.9. The van der Waals surface area contributed by atoms with Gasteiger partial charge in [-0.2, -0.15) is 0 Å². The minimum atomic E-state index is -0.0879. The van der Waals surface area contributed by atoms with E-state index in [9.17, 15) is 4.79 Å². The van der Waals surface area contributed by atoms with E-state index in [2.05, 4.69) is 42.6 Å². The van der Waals surface area contributed by atoms with Crippen molar-refractivity contribution in [1.29, 1.82) is 0 Å². The van der Waals surface area contributed by atoms with Crippen LogP contribution in [0.25, 0.3) is 0 Å². The first-order chi connectivity index (χ1) is 14.0. The average Bonchev–Trinajstić information content (AvgIpc) is 2.68. The number of alkyl halides is 1. The van der Waals surface area contributed by atoms with Gasteiger partial charge in [-0.05, 0) is 99.5 Å². The number of carbonyl (C=O) groups excluding carboxylic acids is 1. The van der Waals surface area contributed by atoms with Gasteiger partial charge < -0.3 is 5.32 Å². The number of rotatable bonds is 6. The van der Waals surface area contributed by atoms with Crippen molar-refractivity contribution in [2.45, 2.75) is 82.6 Å². The SMILES string of the molecule is C[C@H]1C[C@@H](CC(=O)C23CC4C[C@@](CCCl)(C2)C[C@](c2ccccc2)(C4)C3)CCN1. The monoisotopic (exact) mass is 413 g/mol. The summed E-state index contributed by atoms with van der Waals surface area (Å²) in [6.45, 7) is 3.33. The summed E-state index contributed by atoms with van der Waals surface area (Å²) in [7, 11) is 0. The van der Waals surface area contributed by atoms with Crippen molar-refractivity contribution in [3.05, 3.63) is 35.9 Å². The number of piperidine rings is 1. The summed E-state index contributed by atoms with van der Waals surface area (Å²) in [6, 6.07) is 11.7. The Balaban J connectivity index is 1.47. The summed E-state index contributed by atoms with van der Waals surface area (Å²) in [5.74, 6) is 2.60. The van der Waals surface area contributed by atoms with Crippen LogP contribution in [-0.2, 0) is 10.2 Å². The van der Waals surface area contributed by atoms with Crippen molar-refractivity contribution >= 4 is 17.4 Å². The van der Waals surface area contributed by atoms with Gasteiger partial charge in [-0.1, -0.05) is 30.3 Å². The summed E-state index contributed by atoms with van der Waals surface area (Å²) in [5.41, 5.74) is 1.88. The Hall–Kier alpha value is -0.860. The number of halogens is 1. The lowest BCUT2D eigenvalue weighted by Gasteiger charge is -2.66. The predicted octanol–water partition coefficient (Wildman–Crippen LogP) is 5.87. The molecule has 5 fully saturated rings. The van der Waals surface area contributed by atoms with Crippen molar-refractivity contribution in [1.82, 2.24) is 5.32 Å². The molecule has 4 saturated carbocycles. The zero-order chi connectivity index (χ0) is 20.1. The second-order valence-electron chi connectivity index (χ2n) is 11.2. The molecule has 0 amide bonds. The van der Waals surface area contributed by atoms with Crippen LogP contribution >= 0.6 is 11.6 Å². The van der Waals surface area contributed by atoms with E-state index >= 15 is 0 Å². The fourth-order valence-corrected chi connectivity index (χ4v) is 8.84. The molecule has 4 aliphatic carbocycles. The number of hydrogen-bond acceptors (Lipinski definition) is 2. The molecule has 158 valence electrons. The van der Waals surface area contributed by atoms with Crippen LogP contribution in [0.3, 0.4) is 0 Å². The first-order valence-electron chi connectivity index (χ1n) is 11.8. The molecule has 29 heavy (non-hydrogen) atoms. The Morgan fingerprint density at radius 2 is 1.97 bits per heavy atom. The number of benzene rings is 1.